The van der Waals surface area contributed by atoms with Crippen LogP contribution in [0.1, 0.15) is 56.7 Å². The molecular formula is C17H27NO. The third-order valence-electron chi connectivity index (χ3n) is 4.23. The summed E-state index contributed by atoms with van der Waals surface area (Å²) in [5, 5.41) is 3.66. The van der Waals surface area contributed by atoms with Crippen LogP contribution in [0.25, 0.3) is 0 Å². The topological polar surface area (TPSA) is 21.3 Å². The highest BCUT2D eigenvalue weighted by molar-refractivity contribution is 5.27. The van der Waals surface area contributed by atoms with Crippen molar-refractivity contribution in [3.63, 3.8) is 0 Å². The van der Waals surface area contributed by atoms with Gasteiger partial charge in [-0.15, -0.1) is 0 Å². The van der Waals surface area contributed by atoms with E-state index < -0.39 is 0 Å². The molecule has 2 heteroatoms. The quantitative estimate of drug-likeness (QED) is 0.836. The van der Waals surface area contributed by atoms with Crippen LogP contribution in [-0.4, -0.2) is 18.8 Å². The van der Waals surface area contributed by atoms with E-state index in [1.165, 1.54) is 36.8 Å². The van der Waals surface area contributed by atoms with E-state index >= 15 is 0 Å². The number of likely N-dealkylation sites (N-methyl/N-ethyl adjacent to an activating group) is 1. The zero-order valence-corrected chi connectivity index (χ0v) is 12.5. The number of benzene rings is 1. The van der Waals surface area contributed by atoms with E-state index in [2.05, 4.69) is 50.4 Å². The van der Waals surface area contributed by atoms with Gasteiger partial charge in [0.05, 0.1) is 11.6 Å². The van der Waals surface area contributed by atoms with Crippen molar-refractivity contribution in [1.82, 2.24) is 5.32 Å². The van der Waals surface area contributed by atoms with Crippen molar-refractivity contribution < 1.29 is 4.74 Å². The van der Waals surface area contributed by atoms with Crippen molar-refractivity contribution in [3.05, 3.63) is 35.4 Å². The average molecular weight is 261 g/mol. The molecule has 1 fully saturated rings. The molecule has 0 amide bonds. The second-order valence-corrected chi connectivity index (χ2v) is 5.61. The monoisotopic (exact) mass is 261 g/mol. The fourth-order valence-electron chi connectivity index (χ4n) is 3.35. The van der Waals surface area contributed by atoms with Crippen LogP contribution in [0.3, 0.4) is 0 Å². The standard InChI is InChI=1S/C17H27NO/c1-4-18-16(15-10-8-14(3)9-11-15)17(19-5-2)12-6-7-13-17/h8-11,16,18H,4-7,12-13H2,1-3H3. The molecule has 1 aromatic rings. The van der Waals surface area contributed by atoms with E-state index in [1.54, 1.807) is 0 Å². The fraction of sp³-hybridized carbons (Fsp3) is 0.647. The Labute approximate surface area is 117 Å². The number of ether oxygens (including phenoxy) is 1. The summed E-state index contributed by atoms with van der Waals surface area (Å²) in [5.41, 5.74) is 2.68. The Balaban J connectivity index is 2.29. The lowest BCUT2D eigenvalue weighted by Crippen LogP contribution is -2.44. The maximum atomic E-state index is 6.23. The summed E-state index contributed by atoms with van der Waals surface area (Å²) in [6.07, 6.45) is 4.92. The van der Waals surface area contributed by atoms with Crippen molar-refractivity contribution >= 4 is 0 Å². The van der Waals surface area contributed by atoms with E-state index in [-0.39, 0.29) is 5.60 Å². The summed E-state index contributed by atoms with van der Waals surface area (Å²) < 4.78 is 6.23. The third kappa shape index (κ3) is 3.18. The van der Waals surface area contributed by atoms with E-state index in [9.17, 15) is 0 Å². The van der Waals surface area contributed by atoms with Crippen LogP contribution < -0.4 is 5.32 Å². The molecule has 1 saturated carbocycles. The van der Waals surface area contributed by atoms with Gasteiger partial charge in [-0.05, 0) is 38.8 Å². The number of aryl methyl sites for hydroxylation is 1. The first-order chi connectivity index (χ1) is 9.22. The van der Waals surface area contributed by atoms with Crippen LogP contribution in [0, 0.1) is 6.92 Å². The van der Waals surface area contributed by atoms with Crippen LogP contribution in [0.4, 0.5) is 0 Å². The predicted octanol–water partition coefficient (Wildman–Crippen LogP) is 3.99. The van der Waals surface area contributed by atoms with Gasteiger partial charge in [-0.3, -0.25) is 0 Å². The molecule has 0 spiro atoms. The molecule has 1 aromatic carbocycles. The summed E-state index contributed by atoms with van der Waals surface area (Å²) in [6.45, 7) is 8.20. The van der Waals surface area contributed by atoms with Gasteiger partial charge in [0.2, 0.25) is 0 Å². The molecule has 0 heterocycles. The number of hydrogen-bond acceptors (Lipinski definition) is 2. The Morgan fingerprint density at radius 2 is 1.79 bits per heavy atom. The highest BCUT2D eigenvalue weighted by Crippen LogP contribution is 2.43. The van der Waals surface area contributed by atoms with Gasteiger partial charge in [-0.25, -0.2) is 0 Å². The molecule has 1 aliphatic carbocycles. The summed E-state index contributed by atoms with van der Waals surface area (Å²) in [7, 11) is 0. The van der Waals surface area contributed by atoms with Gasteiger partial charge in [-0.1, -0.05) is 49.6 Å². The molecule has 0 radical (unpaired) electrons. The molecule has 0 aromatic heterocycles. The highest BCUT2D eigenvalue weighted by atomic mass is 16.5. The SMILES string of the molecule is CCNC(c1ccc(C)cc1)C1(OCC)CCCC1. The molecule has 2 rings (SSSR count). The first kappa shape index (κ1) is 14.5. The second kappa shape index (κ2) is 6.53. The largest absolute Gasteiger partial charge is 0.373 e. The normalized spacial score (nSPS) is 19.5. The lowest BCUT2D eigenvalue weighted by atomic mass is 9.86. The number of hydrogen-bond donors (Lipinski definition) is 1. The zero-order valence-electron chi connectivity index (χ0n) is 12.5. The predicted molar refractivity (Wildman–Crippen MR) is 80.4 cm³/mol. The molecule has 106 valence electrons. The summed E-state index contributed by atoms with van der Waals surface area (Å²) in [4.78, 5) is 0. The number of rotatable bonds is 6. The Hall–Kier alpha value is -0.860. The molecule has 1 atom stereocenters. The van der Waals surface area contributed by atoms with E-state index in [4.69, 9.17) is 4.74 Å². The minimum Gasteiger partial charge on any atom is -0.373 e. The smallest absolute Gasteiger partial charge is 0.0876 e. The van der Waals surface area contributed by atoms with Crippen molar-refractivity contribution in [1.29, 1.82) is 0 Å². The maximum Gasteiger partial charge on any atom is 0.0876 e. The van der Waals surface area contributed by atoms with Crippen LogP contribution >= 0.6 is 0 Å². The van der Waals surface area contributed by atoms with Crippen molar-refractivity contribution in [2.45, 2.75) is 58.1 Å². The summed E-state index contributed by atoms with van der Waals surface area (Å²) >= 11 is 0. The van der Waals surface area contributed by atoms with Crippen LogP contribution in [-0.2, 0) is 4.74 Å². The Kier molecular flexibility index (Phi) is 5.00. The molecule has 1 aliphatic rings. The van der Waals surface area contributed by atoms with Gasteiger partial charge in [0.1, 0.15) is 0 Å². The van der Waals surface area contributed by atoms with Crippen LogP contribution in [0.5, 0.6) is 0 Å². The first-order valence-electron chi connectivity index (χ1n) is 7.66. The van der Waals surface area contributed by atoms with Gasteiger partial charge < -0.3 is 10.1 Å². The molecule has 1 N–H and O–H groups in total. The first-order valence-corrected chi connectivity index (χ1v) is 7.66. The Morgan fingerprint density at radius 3 is 2.32 bits per heavy atom. The lowest BCUT2D eigenvalue weighted by molar-refractivity contribution is -0.0623. The van der Waals surface area contributed by atoms with E-state index in [0.29, 0.717) is 6.04 Å². The van der Waals surface area contributed by atoms with Gasteiger partial charge in [0.15, 0.2) is 0 Å². The third-order valence-corrected chi connectivity index (χ3v) is 4.23. The van der Waals surface area contributed by atoms with Crippen molar-refractivity contribution in [2.75, 3.05) is 13.2 Å². The number of nitrogens with one attached hydrogen (secondary N) is 1. The molecular weight excluding hydrogens is 234 g/mol. The highest BCUT2D eigenvalue weighted by Gasteiger charge is 2.42. The van der Waals surface area contributed by atoms with Crippen LogP contribution in [0.2, 0.25) is 0 Å². The minimum absolute atomic E-state index is 0.0000180. The molecule has 0 bridgehead atoms. The minimum atomic E-state index is 0.0000180. The molecule has 2 nitrogen and oxygen atoms in total. The Bertz CT molecular complexity index is 379. The molecule has 19 heavy (non-hydrogen) atoms. The second-order valence-electron chi connectivity index (χ2n) is 5.61. The average Bonchev–Trinajstić information content (AvgIpc) is 2.87. The molecule has 0 aliphatic heterocycles. The van der Waals surface area contributed by atoms with Crippen molar-refractivity contribution in [2.24, 2.45) is 0 Å². The fourth-order valence-corrected chi connectivity index (χ4v) is 3.35. The molecule has 0 saturated heterocycles. The van der Waals surface area contributed by atoms with Gasteiger partial charge in [-0.2, -0.15) is 0 Å². The van der Waals surface area contributed by atoms with Gasteiger partial charge in [0.25, 0.3) is 0 Å². The maximum absolute atomic E-state index is 6.23. The molecule has 1 unspecified atom stereocenters. The summed E-state index contributed by atoms with van der Waals surface area (Å²) in [5.74, 6) is 0. The van der Waals surface area contributed by atoms with Gasteiger partial charge >= 0.3 is 0 Å². The van der Waals surface area contributed by atoms with E-state index in [1.807, 2.05) is 0 Å². The zero-order chi connectivity index (χ0) is 13.7. The lowest BCUT2D eigenvalue weighted by Gasteiger charge is -2.38. The van der Waals surface area contributed by atoms with E-state index in [0.717, 1.165) is 13.2 Å². The Morgan fingerprint density at radius 1 is 1.16 bits per heavy atom. The van der Waals surface area contributed by atoms with Crippen molar-refractivity contribution in [3.8, 4) is 0 Å². The van der Waals surface area contributed by atoms with Gasteiger partial charge in [0, 0.05) is 6.61 Å². The summed E-state index contributed by atoms with van der Waals surface area (Å²) in [6, 6.07) is 9.23. The van der Waals surface area contributed by atoms with Crippen LogP contribution in [0.15, 0.2) is 24.3 Å².